The molecule has 0 atom stereocenters. The summed E-state index contributed by atoms with van der Waals surface area (Å²) in [4.78, 5) is 18.5. The fourth-order valence-corrected chi connectivity index (χ4v) is 2.40. The maximum Gasteiger partial charge on any atom is 0.227 e. The number of pyridine rings is 1. The molecule has 1 aromatic heterocycles. The second-order valence-electron chi connectivity index (χ2n) is 4.66. The molecule has 0 radical (unpaired) electrons. The van der Waals surface area contributed by atoms with Crippen LogP contribution in [0.3, 0.4) is 0 Å². The average Bonchev–Trinajstić information content (AvgIpc) is 2.48. The fourth-order valence-electron chi connectivity index (χ4n) is 2.40. The van der Waals surface area contributed by atoms with Crippen molar-refractivity contribution in [1.82, 2.24) is 9.88 Å². The summed E-state index contributed by atoms with van der Waals surface area (Å²) in [6.07, 6.45) is 2.18. The Morgan fingerprint density at radius 3 is 2.84 bits per heavy atom. The van der Waals surface area contributed by atoms with Gasteiger partial charge in [0.15, 0.2) is 0 Å². The van der Waals surface area contributed by atoms with Crippen LogP contribution in [-0.4, -0.2) is 42.1 Å². The van der Waals surface area contributed by atoms with Gasteiger partial charge in [-0.2, -0.15) is 0 Å². The molecule has 2 heterocycles. The van der Waals surface area contributed by atoms with Crippen LogP contribution in [-0.2, 0) is 16.0 Å². The van der Waals surface area contributed by atoms with Gasteiger partial charge < -0.3 is 9.64 Å². The second-order valence-corrected chi connectivity index (χ2v) is 4.66. The van der Waals surface area contributed by atoms with Crippen LogP contribution >= 0.6 is 0 Å². The van der Waals surface area contributed by atoms with Crippen molar-refractivity contribution in [2.24, 2.45) is 0 Å². The van der Waals surface area contributed by atoms with E-state index in [2.05, 4.69) is 4.98 Å². The van der Waals surface area contributed by atoms with Crippen LogP contribution in [0, 0.1) is 0 Å². The maximum absolute atomic E-state index is 12.3. The quantitative estimate of drug-likeness (QED) is 0.820. The molecule has 0 aliphatic carbocycles. The molecule has 0 unspecified atom stereocenters. The summed E-state index contributed by atoms with van der Waals surface area (Å²) in [7, 11) is 0. The summed E-state index contributed by atoms with van der Waals surface area (Å²) in [5, 5.41) is 1.08. The van der Waals surface area contributed by atoms with Crippen molar-refractivity contribution in [1.29, 1.82) is 0 Å². The predicted molar refractivity (Wildman–Crippen MR) is 72.8 cm³/mol. The van der Waals surface area contributed by atoms with Crippen LogP contribution in [0.5, 0.6) is 0 Å². The number of benzene rings is 1. The number of para-hydroxylation sites is 1. The fraction of sp³-hybridized carbons (Fsp3) is 0.333. The topological polar surface area (TPSA) is 42.4 Å². The lowest BCUT2D eigenvalue weighted by Crippen LogP contribution is -2.41. The first-order valence-electron chi connectivity index (χ1n) is 6.53. The van der Waals surface area contributed by atoms with Gasteiger partial charge in [0.1, 0.15) is 0 Å². The smallest absolute Gasteiger partial charge is 0.227 e. The van der Waals surface area contributed by atoms with E-state index in [9.17, 15) is 4.79 Å². The highest BCUT2D eigenvalue weighted by Gasteiger charge is 2.17. The average molecular weight is 256 g/mol. The summed E-state index contributed by atoms with van der Waals surface area (Å²) in [6.45, 7) is 2.66. The van der Waals surface area contributed by atoms with Crippen LogP contribution in [0.4, 0.5) is 0 Å². The lowest BCUT2D eigenvalue weighted by molar-refractivity contribution is -0.134. The third-order valence-electron chi connectivity index (χ3n) is 3.42. The third-order valence-corrected chi connectivity index (χ3v) is 3.42. The molecule has 1 aliphatic heterocycles. The minimum atomic E-state index is 0.154. The lowest BCUT2D eigenvalue weighted by Gasteiger charge is -2.27. The molecule has 0 saturated carbocycles. The number of nitrogens with zero attached hydrogens (tertiary/aromatic N) is 2. The Hall–Kier alpha value is -1.94. The number of carbonyl (C=O) groups excluding carboxylic acids is 1. The molecule has 1 amide bonds. The van der Waals surface area contributed by atoms with Gasteiger partial charge in [0, 0.05) is 24.7 Å². The zero-order valence-electron chi connectivity index (χ0n) is 10.7. The van der Waals surface area contributed by atoms with Gasteiger partial charge in [-0.25, -0.2) is 0 Å². The van der Waals surface area contributed by atoms with Gasteiger partial charge in [-0.15, -0.1) is 0 Å². The Kier molecular flexibility index (Phi) is 3.42. The van der Waals surface area contributed by atoms with E-state index in [1.807, 2.05) is 35.2 Å². The number of aromatic nitrogens is 1. The number of hydrogen-bond donors (Lipinski definition) is 0. The molecule has 0 spiro atoms. The van der Waals surface area contributed by atoms with Crippen molar-refractivity contribution >= 4 is 16.8 Å². The third kappa shape index (κ3) is 2.58. The van der Waals surface area contributed by atoms with E-state index in [-0.39, 0.29) is 5.91 Å². The molecule has 2 aromatic rings. The molecule has 0 N–H and O–H groups in total. The van der Waals surface area contributed by atoms with Crippen molar-refractivity contribution in [3.63, 3.8) is 0 Å². The van der Waals surface area contributed by atoms with Crippen LogP contribution in [0.25, 0.3) is 10.9 Å². The van der Waals surface area contributed by atoms with Gasteiger partial charge in [0.2, 0.25) is 5.91 Å². The standard InChI is InChI=1S/C15H16N2O2/c18-14(17-7-9-19-10-8-17)11-13-4-1-3-12-5-2-6-16-15(12)13/h1-6H,7-11H2. The van der Waals surface area contributed by atoms with Crippen molar-refractivity contribution < 1.29 is 9.53 Å². The minimum Gasteiger partial charge on any atom is -0.378 e. The molecule has 1 fully saturated rings. The normalized spacial score (nSPS) is 15.7. The van der Waals surface area contributed by atoms with Crippen molar-refractivity contribution in [2.45, 2.75) is 6.42 Å². The lowest BCUT2D eigenvalue weighted by atomic mass is 10.1. The first kappa shape index (κ1) is 12.1. The SMILES string of the molecule is O=C(Cc1cccc2cccnc12)N1CCOCC1. The van der Waals surface area contributed by atoms with Gasteiger partial charge in [-0.1, -0.05) is 24.3 Å². The summed E-state index contributed by atoms with van der Waals surface area (Å²) >= 11 is 0. The second kappa shape index (κ2) is 5.36. The number of rotatable bonds is 2. The van der Waals surface area contributed by atoms with Crippen molar-refractivity contribution in [3.05, 3.63) is 42.1 Å². The minimum absolute atomic E-state index is 0.154. The van der Waals surface area contributed by atoms with E-state index in [4.69, 9.17) is 4.74 Å². The Labute approximate surface area is 112 Å². The van der Waals surface area contributed by atoms with Crippen molar-refractivity contribution in [3.8, 4) is 0 Å². The molecule has 3 rings (SSSR count). The first-order valence-corrected chi connectivity index (χ1v) is 6.53. The van der Waals surface area contributed by atoms with E-state index in [1.54, 1.807) is 6.20 Å². The highest BCUT2D eigenvalue weighted by atomic mass is 16.5. The molecule has 98 valence electrons. The molecule has 1 aliphatic rings. The molecule has 4 heteroatoms. The molecule has 19 heavy (non-hydrogen) atoms. The van der Waals surface area contributed by atoms with Gasteiger partial charge in [-0.3, -0.25) is 9.78 Å². The molecule has 1 saturated heterocycles. The zero-order chi connectivity index (χ0) is 13.1. The number of morpholine rings is 1. The van der Waals surface area contributed by atoms with E-state index in [0.717, 1.165) is 16.5 Å². The molecule has 0 bridgehead atoms. The van der Waals surface area contributed by atoms with Crippen LogP contribution in [0.1, 0.15) is 5.56 Å². The van der Waals surface area contributed by atoms with Crippen molar-refractivity contribution in [2.75, 3.05) is 26.3 Å². The highest BCUT2D eigenvalue weighted by molar-refractivity contribution is 5.87. The van der Waals surface area contributed by atoms with E-state index in [1.165, 1.54) is 0 Å². The molecular formula is C15H16N2O2. The number of ether oxygens (including phenoxy) is 1. The summed E-state index contributed by atoms with van der Waals surface area (Å²) in [5.74, 6) is 0.154. The van der Waals surface area contributed by atoms with E-state index in [0.29, 0.717) is 32.7 Å². The Balaban J connectivity index is 1.82. The first-order chi connectivity index (χ1) is 9.34. The highest BCUT2D eigenvalue weighted by Crippen LogP contribution is 2.17. The van der Waals surface area contributed by atoms with Gasteiger partial charge in [0.05, 0.1) is 25.2 Å². The Bertz CT molecular complexity index is 586. The summed E-state index contributed by atoms with van der Waals surface area (Å²) in [5.41, 5.74) is 1.92. The molecular weight excluding hydrogens is 240 g/mol. The van der Waals surface area contributed by atoms with Gasteiger partial charge in [0.25, 0.3) is 0 Å². The monoisotopic (exact) mass is 256 g/mol. The molecule has 4 nitrogen and oxygen atoms in total. The van der Waals surface area contributed by atoms with E-state index < -0.39 is 0 Å². The summed E-state index contributed by atoms with van der Waals surface area (Å²) < 4.78 is 5.26. The van der Waals surface area contributed by atoms with Crippen LogP contribution in [0.2, 0.25) is 0 Å². The summed E-state index contributed by atoms with van der Waals surface area (Å²) in [6, 6.07) is 9.91. The largest absolute Gasteiger partial charge is 0.378 e. The number of hydrogen-bond acceptors (Lipinski definition) is 3. The number of amides is 1. The Morgan fingerprint density at radius 1 is 1.21 bits per heavy atom. The molecule has 1 aromatic carbocycles. The predicted octanol–water partition coefficient (Wildman–Crippen LogP) is 1.64. The Morgan fingerprint density at radius 2 is 2.00 bits per heavy atom. The zero-order valence-corrected chi connectivity index (χ0v) is 10.7. The number of carbonyl (C=O) groups is 1. The number of fused-ring (bicyclic) bond motifs is 1. The van der Waals surface area contributed by atoms with Crippen LogP contribution < -0.4 is 0 Å². The van der Waals surface area contributed by atoms with Crippen LogP contribution in [0.15, 0.2) is 36.5 Å². The van der Waals surface area contributed by atoms with Gasteiger partial charge in [-0.05, 0) is 11.6 Å². The van der Waals surface area contributed by atoms with E-state index >= 15 is 0 Å². The maximum atomic E-state index is 12.3. The van der Waals surface area contributed by atoms with Gasteiger partial charge >= 0.3 is 0 Å².